The molecule has 2 heterocycles. The molecule has 0 aliphatic carbocycles. The number of halogens is 4. The van der Waals surface area contributed by atoms with E-state index in [0.717, 1.165) is 12.1 Å². The molecule has 2 aromatic heterocycles. The van der Waals surface area contributed by atoms with Gasteiger partial charge in [-0.2, -0.15) is 23.4 Å². The molecule has 2 rings (SSSR count). The average Bonchev–Trinajstić information content (AvgIpc) is 2.36. The van der Waals surface area contributed by atoms with Crippen molar-refractivity contribution in [2.24, 2.45) is 0 Å². The third-order valence-corrected chi connectivity index (χ3v) is 2.39. The minimum absolute atomic E-state index is 0.0329. The summed E-state index contributed by atoms with van der Waals surface area (Å²) in [6, 6.07) is 5.03. The molecule has 8 heteroatoms. The van der Waals surface area contributed by atoms with Gasteiger partial charge in [-0.3, -0.25) is 0 Å². The summed E-state index contributed by atoms with van der Waals surface area (Å²) in [7, 11) is 0. The summed E-state index contributed by atoms with van der Waals surface area (Å²) in [6.45, 7) is 0.207. The van der Waals surface area contributed by atoms with Crippen molar-refractivity contribution < 1.29 is 13.2 Å². The van der Waals surface area contributed by atoms with Crippen LogP contribution in [0.15, 0.2) is 30.5 Å². The van der Waals surface area contributed by atoms with Gasteiger partial charge in [-0.1, -0.05) is 11.6 Å². The van der Waals surface area contributed by atoms with Crippen molar-refractivity contribution in [2.45, 2.75) is 12.7 Å². The van der Waals surface area contributed by atoms with E-state index in [-0.39, 0.29) is 17.5 Å². The van der Waals surface area contributed by atoms with Crippen LogP contribution < -0.4 is 5.32 Å². The Morgan fingerprint density at radius 1 is 1.26 bits per heavy atom. The van der Waals surface area contributed by atoms with Crippen molar-refractivity contribution in [3.05, 3.63) is 46.9 Å². The molecule has 0 unspecified atom stereocenters. The van der Waals surface area contributed by atoms with Crippen LogP contribution in [-0.2, 0) is 12.7 Å². The Balaban J connectivity index is 2.15. The number of pyridine rings is 1. The topological polar surface area (TPSA) is 50.7 Å². The maximum absolute atomic E-state index is 12.6. The molecule has 100 valence electrons. The highest BCUT2D eigenvalue weighted by atomic mass is 35.5. The molecule has 0 bridgehead atoms. The van der Waals surface area contributed by atoms with E-state index in [1.165, 1.54) is 6.20 Å². The van der Waals surface area contributed by atoms with Gasteiger partial charge in [0.15, 0.2) is 0 Å². The number of hydrogen-bond acceptors (Lipinski definition) is 4. The monoisotopic (exact) mass is 288 g/mol. The Labute approximate surface area is 111 Å². The van der Waals surface area contributed by atoms with E-state index < -0.39 is 11.7 Å². The third kappa shape index (κ3) is 3.78. The van der Waals surface area contributed by atoms with E-state index in [4.69, 9.17) is 11.6 Å². The van der Waals surface area contributed by atoms with Gasteiger partial charge >= 0.3 is 6.18 Å². The first-order valence-corrected chi connectivity index (χ1v) is 5.58. The standard InChI is InChI=1S/C11H8ClF3N4/c12-9-4-7(11(13,14)15)5-10(18-9)16-6-8-2-1-3-17-19-8/h1-5H,6H2,(H,16,18). The lowest BCUT2D eigenvalue weighted by Crippen LogP contribution is -2.09. The summed E-state index contributed by atoms with van der Waals surface area (Å²) >= 11 is 5.56. The molecule has 2 aromatic rings. The van der Waals surface area contributed by atoms with E-state index in [0.29, 0.717) is 5.69 Å². The van der Waals surface area contributed by atoms with E-state index in [1.54, 1.807) is 12.1 Å². The lowest BCUT2D eigenvalue weighted by molar-refractivity contribution is -0.137. The second-order valence-electron chi connectivity index (χ2n) is 3.63. The van der Waals surface area contributed by atoms with Crippen molar-refractivity contribution in [2.75, 3.05) is 5.32 Å². The first-order valence-electron chi connectivity index (χ1n) is 5.20. The van der Waals surface area contributed by atoms with E-state index >= 15 is 0 Å². The van der Waals surface area contributed by atoms with Gasteiger partial charge in [-0.15, -0.1) is 0 Å². The van der Waals surface area contributed by atoms with Crippen LogP contribution in [0.2, 0.25) is 5.15 Å². The highest BCUT2D eigenvalue weighted by molar-refractivity contribution is 6.29. The SMILES string of the molecule is FC(F)(F)c1cc(Cl)nc(NCc2cccnn2)c1. The van der Waals surface area contributed by atoms with Gasteiger partial charge in [0.05, 0.1) is 17.8 Å². The van der Waals surface area contributed by atoms with E-state index in [2.05, 4.69) is 20.5 Å². The Bertz CT molecular complexity index is 560. The maximum Gasteiger partial charge on any atom is 0.416 e. The third-order valence-electron chi connectivity index (χ3n) is 2.20. The van der Waals surface area contributed by atoms with Crippen LogP contribution in [0.25, 0.3) is 0 Å². The molecule has 0 saturated carbocycles. The second kappa shape index (κ2) is 5.40. The van der Waals surface area contributed by atoms with Crippen molar-refractivity contribution >= 4 is 17.4 Å². The van der Waals surface area contributed by atoms with Crippen molar-refractivity contribution in [1.29, 1.82) is 0 Å². The molecule has 0 radical (unpaired) electrons. The van der Waals surface area contributed by atoms with Crippen molar-refractivity contribution in [1.82, 2.24) is 15.2 Å². The van der Waals surface area contributed by atoms with Crippen molar-refractivity contribution in [3.8, 4) is 0 Å². The molecule has 4 nitrogen and oxygen atoms in total. The van der Waals surface area contributed by atoms with Gasteiger partial charge in [0.2, 0.25) is 0 Å². The molecule has 0 aliphatic heterocycles. The highest BCUT2D eigenvalue weighted by Gasteiger charge is 2.31. The molecule has 0 aliphatic rings. The number of rotatable bonds is 3. The largest absolute Gasteiger partial charge is 0.416 e. The van der Waals surface area contributed by atoms with Gasteiger partial charge in [0.25, 0.3) is 0 Å². The highest BCUT2D eigenvalue weighted by Crippen LogP contribution is 2.31. The molecule has 0 saturated heterocycles. The molecule has 19 heavy (non-hydrogen) atoms. The van der Waals surface area contributed by atoms with Crippen LogP contribution in [-0.4, -0.2) is 15.2 Å². The summed E-state index contributed by atoms with van der Waals surface area (Å²) in [5, 5.41) is 9.94. The Kier molecular flexibility index (Phi) is 3.84. The van der Waals surface area contributed by atoms with Crippen LogP contribution in [0.4, 0.5) is 19.0 Å². The predicted octanol–water partition coefficient (Wildman–Crippen LogP) is 3.16. The molecule has 0 amide bonds. The Morgan fingerprint density at radius 3 is 2.68 bits per heavy atom. The van der Waals surface area contributed by atoms with E-state index in [9.17, 15) is 13.2 Å². The second-order valence-corrected chi connectivity index (χ2v) is 4.02. The quantitative estimate of drug-likeness (QED) is 0.882. The molecular weight excluding hydrogens is 281 g/mol. The van der Waals surface area contributed by atoms with Gasteiger partial charge in [0, 0.05) is 6.20 Å². The van der Waals surface area contributed by atoms with Crippen molar-refractivity contribution in [3.63, 3.8) is 0 Å². The lowest BCUT2D eigenvalue weighted by Gasteiger charge is -2.10. The molecular formula is C11H8ClF3N4. The van der Waals surface area contributed by atoms with Crippen LogP contribution in [0.3, 0.4) is 0 Å². The smallest absolute Gasteiger partial charge is 0.364 e. The Morgan fingerprint density at radius 2 is 2.05 bits per heavy atom. The number of aromatic nitrogens is 3. The first-order chi connectivity index (χ1) is 8.95. The normalized spacial score (nSPS) is 11.4. The van der Waals surface area contributed by atoms with Gasteiger partial charge in [-0.25, -0.2) is 4.98 Å². The fraction of sp³-hybridized carbons (Fsp3) is 0.182. The summed E-state index contributed by atoms with van der Waals surface area (Å²) in [5.41, 5.74) is -0.271. The fourth-order valence-corrected chi connectivity index (χ4v) is 1.57. The minimum Gasteiger partial charge on any atom is -0.364 e. The number of nitrogens with one attached hydrogen (secondary N) is 1. The van der Waals surface area contributed by atoms with Crippen LogP contribution in [0.5, 0.6) is 0 Å². The summed E-state index contributed by atoms with van der Waals surface area (Å²) in [4.78, 5) is 3.77. The molecule has 0 aromatic carbocycles. The van der Waals surface area contributed by atoms with Crippen LogP contribution in [0, 0.1) is 0 Å². The number of anilines is 1. The number of hydrogen-bond donors (Lipinski definition) is 1. The van der Waals surface area contributed by atoms with Gasteiger partial charge in [-0.05, 0) is 24.3 Å². The number of nitrogens with zero attached hydrogens (tertiary/aromatic N) is 3. The molecule has 0 fully saturated rings. The first kappa shape index (κ1) is 13.5. The lowest BCUT2D eigenvalue weighted by atomic mass is 10.2. The Hall–Kier alpha value is -1.89. The molecule has 0 atom stereocenters. The van der Waals surface area contributed by atoms with Crippen LogP contribution >= 0.6 is 11.6 Å². The summed E-state index contributed by atoms with van der Waals surface area (Å²) < 4.78 is 37.7. The average molecular weight is 289 g/mol. The van der Waals surface area contributed by atoms with Gasteiger partial charge in [0.1, 0.15) is 11.0 Å². The molecule has 0 spiro atoms. The minimum atomic E-state index is -4.46. The van der Waals surface area contributed by atoms with Gasteiger partial charge < -0.3 is 5.32 Å². The van der Waals surface area contributed by atoms with Crippen LogP contribution in [0.1, 0.15) is 11.3 Å². The summed E-state index contributed by atoms with van der Waals surface area (Å²) in [5.74, 6) is 0.0329. The zero-order chi connectivity index (χ0) is 13.9. The van der Waals surface area contributed by atoms with E-state index in [1.807, 2.05) is 0 Å². The zero-order valence-electron chi connectivity index (χ0n) is 9.45. The zero-order valence-corrected chi connectivity index (χ0v) is 10.2. The predicted molar refractivity (Wildman–Crippen MR) is 63.6 cm³/mol. The fourth-order valence-electron chi connectivity index (χ4n) is 1.36. The molecule has 1 N–H and O–H groups in total. The maximum atomic E-state index is 12.6. The number of alkyl halides is 3. The summed E-state index contributed by atoms with van der Waals surface area (Å²) in [6.07, 6.45) is -2.96.